The van der Waals surface area contributed by atoms with E-state index < -0.39 is 0 Å². The van der Waals surface area contributed by atoms with Crippen molar-refractivity contribution in [3.63, 3.8) is 0 Å². The van der Waals surface area contributed by atoms with E-state index in [2.05, 4.69) is 39.5 Å². The molecule has 2 aromatic rings. The Balaban J connectivity index is 1.44. The number of nitrogens with zero attached hydrogens (tertiary/aromatic N) is 4. The molecule has 1 atom stereocenters. The molecule has 0 radical (unpaired) electrons. The molecule has 128 valence electrons. The Bertz CT molecular complexity index is 682. The molecule has 0 fully saturated rings. The Morgan fingerprint density at radius 3 is 3.04 bits per heavy atom. The van der Waals surface area contributed by atoms with E-state index in [9.17, 15) is 4.79 Å². The molecular formula is C17H24N6O. The highest BCUT2D eigenvalue weighted by Gasteiger charge is 2.22. The highest BCUT2D eigenvalue weighted by molar-refractivity contribution is 5.77. The highest BCUT2D eigenvalue weighted by Crippen LogP contribution is 2.16. The zero-order valence-electron chi connectivity index (χ0n) is 14.2. The number of fused-ring (bicyclic) bond motifs is 1. The number of hydrogen-bond donors (Lipinski definition) is 2. The van der Waals surface area contributed by atoms with Gasteiger partial charge in [0, 0.05) is 24.6 Å². The topological polar surface area (TPSA) is 84.7 Å². The summed E-state index contributed by atoms with van der Waals surface area (Å²) in [5.74, 6) is 2.27. The van der Waals surface area contributed by atoms with Gasteiger partial charge in [-0.15, -0.1) is 0 Å². The first-order chi connectivity index (χ1) is 11.6. The molecule has 3 heterocycles. The summed E-state index contributed by atoms with van der Waals surface area (Å²) in [6.45, 7) is 5.73. The second-order valence-electron chi connectivity index (χ2n) is 6.44. The van der Waals surface area contributed by atoms with Crippen LogP contribution in [0, 0.1) is 0 Å². The van der Waals surface area contributed by atoms with Crippen LogP contribution in [-0.4, -0.2) is 38.2 Å². The van der Waals surface area contributed by atoms with Crippen molar-refractivity contribution >= 4 is 5.91 Å². The van der Waals surface area contributed by atoms with Crippen LogP contribution in [0.1, 0.15) is 43.5 Å². The van der Waals surface area contributed by atoms with Gasteiger partial charge in [0.05, 0.1) is 25.3 Å². The molecule has 7 heteroatoms. The minimum Gasteiger partial charge on any atom is -0.349 e. The molecule has 0 spiro atoms. The summed E-state index contributed by atoms with van der Waals surface area (Å²) in [7, 11) is 0. The molecule has 24 heavy (non-hydrogen) atoms. The van der Waals surface area contributed by atoms with Gasteiger partial charge in [0.25, 0.3) is 0 Å². The van der Waals surface area contributed by atoms with Crippen LogP contribution in [0.4, 0.5) is 0 Å². The highest BCUT2D eigenvalue weighted by atomic mass is 16.1. The maximum Gasteiger partial charge on any atom is 0.234 e. The molecular weight excluding hydrogens is 304 g/mol. The van der Waals surface area contributed by atoms with Gasteiger partial charge in [0.2, 0.25) is 5.91 Å². The maximum absolute atomic E-state index is 12.0. The lowest BCUT2D eigenvalue weighted by Gasteiger charge is -2.23. The number of carbonyl (C=O) groups is 1. The van der Waals surface area contributed by atoms with Crippen LogP contribution in [0.25, 0.3) is 0 Å². The molecule has 3 rings (SSSR count). The fourth-order valence-corrected chi connectivity index (χ4v) is 2.73. The van der Waals surface area contributed by atoms with Crippen LogP contribution in [0.3, 0.4) is 0 Å². The third-order valence-corrected chi connectivity index (χ3v) is 4.13. The lowest BCUT2D eigenvalue weighted by atomic mass is 10.1. The first-order valence-corrected chi connectivity index (χ1v) is 8.45. The first kappa shape index (κ1) is 16.6. The molecule has 1 amide bonds. The van der Waals surface area contributed by atoms with Crippen molar-refractivity contribution in [2.45, 2.75) is 51.7 Å². The quantitative estimate of drug-likeness (QED) is 0.827. The fourth-order valence-electron chi connectivity index (χ4n) is 2.73. The van der Waals surface area contributed by atoms with E-state index in [1.54, 1.807) is 6.20 Å². The monoisotopic (exact) mass is 328 g/mol. The number of aromatic nitrogens is 4. The Kier molecular flexibility index (Phi) is 5.20. The van der Waals surface area contributed by atoms with Gasteiger partial charge in [-0.1, -0.05) is 19.9 Å². The standard InChI is InChI=1S/C17H24N6O/c1-12(2)17-21-15-7-6-14(11-23(15)22-17)19-10-16(24)20-9-13-5-3-4-8-18-13/h3-5,8,12,14,19H,6-7,9-11H2,1-2H3,(H,20,24). The second-order valence-corrected chi connectivity index (χ2v) is 6.44. The molecule has 0 bridgehead atoms. The van der Waals surface area contributed by atoms with Gasteiger partial charge in [-0.25, -0.2) is 9.67 Å². The lowest BCUT2D eigenvalue weighted by molar-refractivity contribution is -0.120. The maximum atomic E-state index is 12.0. The Hall–Kier alpha value is -2.28. The fraction of sp³-hybridized carbons (Fsp3) is 0.529. The van der Waals surface area contributed by atoms with E-state index in [1.165, 1.54) is 0 Å². The molecule has 0 saturated heterocycles. The molecule has 0 aliphatic carbocycles. The summed E-state index contributed by atoms with van der Waals surface area (Å²) >= 11 is 0. The Morgan fingerprint density at radius 1 is 1.42 bits per heavy atom. The van der Waals surface area contributed by atoms with E-state index in [1.807, 2.05) is 22.9 Å². The normalized spacial score (nSPS) is 16.9. The van der Waals surface area contributed by atoms with E-state index in [4.69, 9.17) is 0 Å². The van der Waals surface area contributed by atoms with Gasteiger partial charge in [-0.05, 0) is 18.6 Å². The van der Waals surface area contributed by atoms with Crippen LogP contribution in [-0.2, 0) is 24.3 Å². The van der Waals surface area contributed by atoms with Gasteiger partial charge in [0.15, 0.2) is 5.82 Å². The second kappa shape index (κ2) is 7.53. The van der Waals surface area contributed by atoms with Gasteiger partial charge in [-0.3, -0.25) is 9.78 Å². The van der Waals surface area contributed by atoms with Crippen LogP contribution < -0.4 is 10.6 Å². The van der Waals surface area contributed by atoms with E-state index in [0.29, 0.717) is 19.0 Å². The molecule has 2 N–H and O–H groups in total. The van der Waals surface area contributed by atoms with Crippen molar-refractivity contribution in [2.24, 2.45) is 0 Å². The van der Waals surface area contributed by atoms with Crippen LogP contribution in [0.5, 0.6) is 0 Å². The number of pyridine rings is 1. The van der Waals surface area contributed by atoms with Crippen LogP contribution >= 0.6 is 0 Å². The van der Waals surface area contributed by atoms with Crippen molar-refractivity contribution in [3.8, 4) is 0 Å². The number of aryl methyl sites for hydroxylation is 1. The first-order valence-electron chi connectivity index (χ1n) is 8.45. The summed E-state index contributed by atoms with van der Waals surface area (Å²) in [6, 6.07) is 5.92. The Labute approximate surface area is 141 Å². The molecule has 0 saturated carbocycles. The Morgan fingerprint density at radius 2 is 2.29 bits per heavy atom. The number of carbonyl (C=O) groups excluding carboxylic acids is 1. The summed E-state index contributed by atoms with van der Waals surface area (Å²) < 4.78 is 1.97. The predicted molar refractivity (Wildman–Crippen MR) is 90.3 cm³/mol. The molecule has 2 aromatic heterocycles. The molecule has 7 nitrogen and oxygen atoms in total. The van der Waals surface area contributed by atoms with E-state index >= 15 is 0 Å². The molecule has 1 aliphatic heterocycles. The molecule has 1 unspecified atom stereocenters. The number of nitrogens with one attached hydrogen (secondary N) is 2. The smallest absolute Gasteiger partial charge is 0.234 e. The van der Waals surface area contributed by atoms with Crippen molar-refractivity contribution in [1.29, 1.82) is 0 Å². The van der Waals surface area contributed by atoms with Crippen molar-refractivity contribution in [1.82, 2.24) is 30.4 Å². The SMILES string of the molecule is CC(C)c1nc2n(n1)CC(NCC(=O)NCc1ccccn1)CC2. The number of rotatable bonds is 6. The van der Waals surface area contributed by atoms with Gasteiger partial charge >= 0.3 is 0 Å². The molecule has 1 aliphatic rings. The minimum atomic E-state index is -0.0205. The van der Waals surface area contributed by atoms with Crippen molar-refractivity contribution in [3.05, 3.63) is 41.7 Å². The predicted octanol–water partition coefficient (Wildman–Crippen LogP) is 1.02. The molecule has 0 aromatic carbocycles. The zero-order valence-corrected chi connectivity index (χ0v) is 14.2. The summed E-state index contributed by atoms with van der Waals surface area (Å²) in [6.07, 6.45) is 3.60. The number of hydrogen-bond acceptors (Lipinski definition) is 5. The lowest BCUT2D eigenvalue weighted by Crippen LogP contribution is -2.43. The summed E-state index contributed by atoms with van der Waals surface area (Å²) in [5, 5.41) is 10.8. The number of amides is 1. The zero-order chi connectivity index (χ0) is 16.9. The van der Waals surface area contributed by atoms with Crippen LogP contribution in [0.15, 0.2) is 24.4 Å². The summed E-state index contributed by atoms with van der Waals surface area (Å²) in [5.41, 5.74) is 0.858. The van der Waals surface area contributed by atoms with Gasteiger partial charge < -0.3 is 10.6 Å². The third kappa shape index (κ3) is 4.17. The van der Waals surface area contributed by atoms with Gasteiger partial charge in [0.1, 0.15) is 5.82 Å². The third-order valence-electron chi connectivity index (χ3n) is 4.13. The van der Waals surface area contributed by atoms with E-state index in [-0.39, 0.29) is 11.9 Å². The van der Waals surface area contributed by atoms with Gasteiger partial charge in [-0.2, -0.15) is 5.10 Å². The van der Waals surface area contributed by atoms with E-state index in [0.717, 1.165) is 36.7 Å². The average Bonchev–Trinajstić information content (AvgIpc) is 3.02. The average molecular weight is 328 g/mol. The minimum absolute atomic E-state index is 0.0205. The largest absolute Gasteiger partial charge is 0.349 e. The van der Waals surface area contributed by atoms with Crippen LogP contribution in [0.2, 0.25) is 0 Å². The summed E-state index contributed by atoms with van der Waals surface area (Å²) in [4.78, 5) is 20.7. The van der Waals surface area contributed by atoms with Crippen molar-refractivity contribution in [2.75, 3.05) is 6.54 Å². The van der Waals surface area contributed by atoms with Crippen molar-refractivity contribution < 1.29 is 4.79 Å².